The van der Waals surface area contributed by atoms with Gasteiger partial charge in [0.25, 0.3) is 0 Å². The van der Waals surface area contributed by atoms with Gasteiger partial charge in [0.1, 0.15) is 17.7 Å². The first-order valence-corrected chi connectivity index (χ1v) is 6.23. The van der Waals surface area contributed by atoms with E-state index in [-0.39, 0.29) is 11.9 Å². The maximum Gasteiger partial charge on any atom is 0.193 e. The summed E-state index contributed by atoms with van der Waals surface area (Å²) in [6.07, 6.45) is 0.953. The van der Waals surface area contributed by atoms with Crippen LogP contribution in [0.5, 0.6) is 5.75 Å². The van der Waals surface area contributed by atoms with Gasteiger partial charge >= 0.3 is 0 Å². The van der Waals surface area contributed by atoms with Gasteiger partial charge in [0.05, 0.1) is 0 Å². The van der Waals surface area contributed by atoms with Gasteiger partial charge in [-0.3, -0.25) is 4.79 Å². The number of benzene rings is 2. The van der Waals surface area contributed by atoms with Gasteiger partial charge in [0.2, 0.25) is 0 Å². The summed E-state index contributed by atoms with van der Waals surface area (Å²) in [4.78, 5) is 12.3. The number of ketones is 1. The molecule has 1 aliphatic heterocycles. The van der Waals surface area contributed by atoms with Gasteiger partial charge in [-0.15, -0.1) is 0 Å². The molecule has 2 nitrogen and oxygen atoms in total. The molecule has 2 aromatic rings. The Morgan fingerprint density at radius 3 is 2.79 bits per heavy atom. The average Bonchev–Trinajstić information content (AvgIpc) is 2.76. The van der Waals surface area contributed by atoms with Crippen LogP contribution in [0.1, 0.15) is 28.4 Å². The van der Waals surface area contributed by atoms with E-state index in [0.717, 1.165) is 17.7 Å². The molecule has 1 unspecified atom stereocenters. The summed E-state index contributed by atoms with van der Waals surface area (Å²) in [5.41, 5.74) is 1.98. The van der Waals surface area contributed by atoms with Gasteiger partial charge in [-0.05, 0) is 42.8 Å². The van der Waals surface area contributed by atoms with Crippen molar-refractivity contribution in [1.29, 1.82) is 0 Å². The number of hydrogen-bond donors (Lipinski definition) is 0. The van der Waals surface area contributed by atoms with Crippen LogP contribution in [0.3, 0.4) is 0 Å². The van der Waals surface area contributed by atoms with E-state index < -0.39 is 5.82 Å². The van der Waals surface area contributed by atoms with Gasteiger partial charge in [0, 0.05) is 17.5 Å². The third kappa shape index (κ3) is 2.24. The maximum atomic E-state index is 13.1. The number of ether oxygens (including phenoxy) is 1. The topological polar surface area (TPSA) is 26.3 Å². The molecule has 0 aliphatic carbocycles. The molecule has 1 atom stereocenters. The third-order valence-corrected chi connectivity index (χ3v) is 3.25. The fourth-order valence-electron chi connectivity index (χ4n) is 2.36. The van der Waals surface area contributed by atoms with E-state index in [1.807, 2.05) is 19.1 Å². The molecule has 3 rings (SSSR count). The molecule has 0 amide bonds. The van der Waals surface area contributed by atoms with Crippen LogP contribution in [0.15, 0.2) is 42.5 Å². The van der Waals surface area contributed by atoms with Crippen molar-refractivity contribution >= 4 is 5.78 Å². The minimum absolute atomic E-state index is 0.148. The fourth-order valence-corrected chi connectivity index (χ4v) is 2.36. The lowest BCUT2D eigenvalue weighted by molar-refractivity contribution is 0.103. The zero-order valence-corrected chi connectivity index (χ0v) is 10.5. The van der Waals surface area contributed by atoms with Gasteiger partial charge in [-0.1, -0.05) is 12.1 Å². The number of halogens is 1. The fraction of sp³-hybridized carbons (Fsp3) is 0.188. The lowest BCUT2D eigenvalue weighted by atomic mass is 10.00. The van der Waals surface area contributed by atoms with Gasteiger partial charge < -0.3 is 4.74 Å². The quantitative estimate of drug-likeness (QED) is 0.770. The Bertz CT molecular complexity index is 649. The summed E-state index contributed by atoms with van der Waals surface area (Å²) in [6, 6.07) is 11.1. The number of fused-ring (bicyclic) bond motifs is 1. The van der Waals surface area contributed by atoms with Crippen molar-refractivity contribution in [2.75, 3.05) is 0 Å². The highest BCUT2D eigenvalue weighted by molar-refractivity contribution is 6.09. The Balaban J connectivity index is 1.95. The first-order valence-electron chi connectivity index (χ1n) is 6.23. The second kappa shape index (κ2) is 4.50. The second-order valence-electron chi connectivity index (χ2n) is 4.79. The van der Waals surface area contributed by atoms with E-state index in [1.54, 1.807) is 18.2 Å². The number of carbonyl (C=O) groups is 1. The molecule has 0 radical (unpaired) electrons. The van der Waals surface area contributed by atoms with Crippen molar-refractivity contribution in [2.45, 2.75) is 19.4 Å². The molecule has 0 saturated carbocycles. The highest BCUT2D eigenvalue weighted by atomic mass is 19.1. The minimum atomic E-state index is -0.399. The van der Waals surface area contributed by atoms with Crippen molar-refractivity contribution in [3.8, 4) is 5.75 Å². The van der Waals surface area contributed by atoms with Gasteiger partial charge in [-0.25, -0.2) is 4.39 Å². The maximum absolute atomic E-state index is 13.1. The molecular formula is C16H13FO2. The summed E-state index contributed by atoms with van der Waals surface area (Å²) in [5, 5.41) is 0. The van der Waals surface area contributed by atoms with E-state index in [0.29, 0.717) is 11.1 Å². The SMILES string of the molecule is CC1Cc2cc(C(=O)c3cccc(F)c3)ccc2O1. The summed E-state index contributed by atoms with van der Waals surface area (Å²) in [6.45, 7) is 1.99. The molecule has 0 spiro atoms. The number of carbonyl (C=O) groups excluding carboxylic acids is 1. The number of hydrogen-bond acceptors (Lipinski definition) is 2. The zero-order chi connectivity index (χ0) is 13.4. The molecule has 1 heterocycles. The van der Waals surface area contributed by atoms with E-state index in [9.17, 15) is 9.18 Å². The number of rotatable bonds is 2. The molecule has 2 aromatic carbocycles. The summed E-state index contributed by atoms with van der Waals surface area (Å²) in [5.74, 6) is 0.272. The molecule has 19 heavy (non-hydrogen) atoms. The minimum Gasteiger partial charge on any atom is -0.490 e. The monoisotopic (exact) mass is 256 g/mol. The van der Waals surface area contributed by atoms with Gasteiger partial charge in [-0.2, -0.15) is 0 Å². The van der Waals surface area contributed by atoms with Crippen LogP contribution in [0.25, 0.3) is 0 Å². The predicted molar refractivity (Wildman–Crippen MR) is 70.1 cm³/mol. The molecule has 96 valence electrons. The van der Waals surface area contributed by atoms with Crippen LogP contribution >= 0.6 is 0 Å². The predicted octanol–water partition coefficient (Wildman–Crippen LogP) is 3.38. The normalized spacial score (nSPS) is 16.8. The van der Waals surface area contributed by atoms with Crippen molar-refractivity contribution in [3.63, 3.8) is 0 Å². The molecule has 0 fully saturated rings. The first-order chi connectivity index (χ1) is 9.13. The third-order valence-electron chi connectivity index (χ3n) is 3.25. The van der Waals surface area contributed by atoms with Crippen LogP contribution in [-0.2, 0) is 6.42 Å². The second-order valence-corrected chi connectivity index (χ2v) is 4.79. The van der Waals surface area contributed by atoms with Crippen molar-refractivity contribution < 1.29 is 13.9 Å². The van der Waals surface area contributed by atoms with Crippen molar-refractivity contribution in [1.82, 2.24) is 0 Å². The molecule has 0 bridgehead atoms. The standard InChI is InChI=1S/C16H13FO2/c1-10-7-13-8-12(5-6-15(13)19-10)16(18)11-3-2-4-14(17)9-11/h2-6,8-10H,7H2,1H3. The largest absolute Gasteiger partial charge is 0.490 e. The van der Waals surface area contributed by atoms with Crippen LogP contribution in [0.4, 0.5) is 4.39 Å². The molecular weight excluding hydrogens is 243 g/mol. The smallest absolute Gasteiger partial charge is 0.193 e. The summed E-state index contributed by atoms with van der Waals surface area (Å²) in [7, 11) is 0. The molecule has 0 N–H and O–H groups in total. The van der Waals surface area contributed by atoms with E-state index in [1.165, 1.54) is 12.1 Å². The lowest BCUT2D eigenvalue weighted by Gasteiger charge is -2.04. The molecule has 0 saturated heterocycles. The zero-order valence-electron chi connectivity index (χ0n) is 10.5. The molecule has 1 aliphatic rings. The molecule has 3 heteroatoms. The van der Waals surface area contributed by atoms with Crippen LogP contribution < -0.4 is 4.74 Å². The Kier molecular flexibility index (Phi) is 2.82. The van der Waals surface area contributed by atoms with Crippen LogP contribution in [0.2, 0.25) is 0 Å². The Labute approximate surface area is 110 Å². The van der Waals surface area contributed by atoms with Gasteiger partial charge in [0.15, 0.2) is 5.78 Å². The van der Waals surface area contributed by atoms with E-state index in [4.69, 9.17) is 4.74 Å². The Morgan fingerprint density at radius 2 is 2.00 bits per heavy atom. The Morgan fingerprint density at radius 1 is 1.21 bits per heavy atom. The summed E-state index contributed by atoms with van der Waals surface area (Å²) >= 11 is 0. The van der Waals surface area contributed by atoms with Crippen molar-refractivity contribution in [3.05, 3.63) is 65.0 Å². The first kappa shape index (κ1) is 11.9. The lowest BCUT2D eigenvalue weighted by Crippen LogP contribution is -2.05. The van der Waals surface area contributed by atoms with E-state index >= 15 is 0 Å². The van der Waals surface area contributed by atoms with Crippen LogP contribution in [0, 0.1) is 5.82 Å². The molecule has 0 aromatic heterocycles. The van der Waals surface area contributed by atoms with E-state index in [2.05, 4.69) is 0 Å². The average molecular weight is 256 g/mol. The Hall–Kier alpha value is -2.16. The summed E-state index contributed by atoms with van der Waals surface area (Å²) < 4.78 is 18.7. The highest BCUT2D eigenvalue weighted by Crippen LogP contribution is 2.30. The van der Waals surface area contributed by atoms with Crippen LogP contribution in [-0.4, -0.2) is 11.9 Å². The van der Waals surface area contributed by atoms with Crippen molar-refractivity contribution in [2.24, 2.45) is 0 Å². The highest BCUT2D eigenvalue weighted by Gasteiger charge is 2.20.